The van der Waals surface area contributed by atoms with E-state index in [-0.39, 0.29) is 11.5 Å². The lowest BCUT2D eigenvalue weighted by Crippen LogP contribution is -2.25. The average molecular weight is 429 g/mol. The van der Waals surface area contributed by atoms with Gasteiger partial charge in [-0.3, -0.25) is 4.79 Å². The predicted octanol–water partition coefficient (Wildman–Crippen LogP) is 4.47. The molecule has 2 aromatic carbocycles. The van der Waals surface area contributed by atoms with Crippen LogP contribution in [0.3, 0.4) is 0 Å². The van der Waals surface area contributed by atoms with Gasteiger partial charge in [0.25, 0.3) is 5.91 Å². The van der Waals surface area contributed by atoms with Crippen molar-refractivity contribution in [1.82, 2.24) is 5.32 Å². The molecule has 0 aliphatic carbocycles. The van der Waals surface area contributed by atoms with Crippen molar-refractivity contribution in [2.24, 2.45) is 0 Å². The minimum Gasteiger partial charge on any atom is -0.493 e. The Morgan fingerprint density at radius 2 is 2.04 bits per heavy atom. The third-order valence-electron chi connectivity index (χ3n) is 3.69. The summed E-state index contributed by atoms with van der Waals surface area (Å²) in [5.74, 6) is 0.684. The molecule has 6 heteroatoms. The van der Waals surface area contributed by atoms with Crippen LogP contribution in [0.4, 0.5) is 0 Å². The first kappa shape index (κ1) is 20.5. The van der Waals surface area contributed by atoms with Crippen LogP contribution >= 0.6 is 15.9 Å². The molecule has 0 unspecified atom stereocenters. The summed E-state index contributed by atoms with van der Waals surface area (Å²) in [6.45, 7) is 2.87. The topological polar surface area (TPSA) is 71.4 Å². The van der Waals surface area contributed by atoms with E-state index in [9.17, 15) is 10.1 Å². The molecular weight excluding hydrogens is 408 g/mol. The number of methoxy groups -OCH3 is 1. The normalized spacial score (nSPS) is 10.8. The summed E-state index contributed by atoms with van der Waals surface area (Å²) < 4.78 is 12.0. The number of benzene rings is 2. The molecule has 0 radical (unpaired) electrons. The Hall–Kier alpha value is -2.78. The van der Waals surface area contributed by atoms with Gasteiger partial charge in [0.05, 0.1) is 11.6 Å². The number of rotatable bonds is 8. The summed E-state index contributed by atoms with van der Waals surface area (Å²) in [7, 11) is 1.55. The Morgan fingerprint density at radius 1 is 1.30 bits per heavy atom. The van der Waals surface area contributed by atoms with E-state index in [2.05, 4.69) is 21.2 Å². The van der Waals surface area contributed by atoms with E-state index in [4.69, 9.17) is 9.47 Å². The maximum atomic E-state index is 12.0. The fourth-order valence-corrected chi connectivity index (χ4v) is 2.92. The van der Waals surface area contributed by atoms with Gasteiger partial charge in [-0.25, -0.2) is 0 Å². The smallest absolute Gasteiger partial charge is 0.261 e. The maximum Gasteiger partial charge on any atom is 0.261 e. The third-order valence-corrected chi connectivity index (χ3v) is 4.28. The number of nitrogens with one attached hydrogen (secondary N) is 1. The molecule has 2 aromatic rings. The average Bonchev–Trinajstić information content (AvgIpc) is 2.69. The van der Waals surface area contributed by atoms with Gasteiger partial charge in [0.1, 0.15) is 18.2 Å². The lowest BCUT2D eigenvalue weighted by molar-refractivity contribution is -0.117. The van der Waals surface area contributed by atoms with Crippen LogP contribution in [0.15, 0.2) is 52.5 Å². The molecule has 0 saturated heterocycles. The Labute approximate surface area is 167 Å². The Balaban J connectivity index is 2.25. The standard InChI is InChI=1S/C21H21BrN2O3/c1-3-9-24-21(25)17(13-23)10-16-11-18(22)20(19(12-16)26-2)27-14-15-7-5-4-6-8-15/h4-8,10-12H,3,9,14H2,1-2H3,(H,24,25)/b17-10+. The molecule has 2 rings (SSSR count). The van der Waals surface area contributed by atoms with E-state index in [0.29, 0.717) is 34.7 Å². The fraction of sp³-hybridized carbons (Fsp3) is 0.238. The monoisotopic (exact) mass is 428 g/mol. The van der Waals surface area contributed by atoms with E-state index in [1.165, 1.54) is 6.08 Å². The van der Waals surface area contributed by atoms with Gasteiger partial charge in [-0.15, -0.1) is 0 Å². The number of nitrogens with zero attached hydrogens (tertiary/aromatic N) is 1. The first-order valence-electron chi connectivity index (χ1n) is 8.53. The summed E-state index contributed by atoms with van der Waals surface area (Å²) in [5.41, 5.74) is 1.74. The Morgan fingerprint density at radius 3 is 2.67 bits per heavy atom. The van der Waals surface area contributed by atoms with E-state index >= 15 is 0 Å². The second-order valence-corrected chi connectivity index (χ2v) is 6.59. The summed E-state index contributed by atoms with van der Waals surface area (Å²) in [6, 6.07) is 15.3. The van der Waals surface area contributed by atoms with Gasteiger partial charge in [-0.1, -0.05) is 37.3 Å². The molecule has 0 spiro atoms. The van der Waals surface area contributed by atoms with Gasteiger partial charge < -0.3 is 14.8 Å². The molecule has 0 heterocycles. The first-order chi connectivity index (χ1) is 13.1. The minimum atomic E-state index is -0.390. The summed E-state index contributed by atoms with van der Waals surface area (Å²) in [4.78, 5) is 12.0. The van der Waals surface area contributed by atoms with Gasteiger partial charge in [0.2, 0.25) is 0 Å². The SMILES string of the molecule is CCCNC(=O)/C(C#N)=C/c1cc(Br)c(OCc2ccccc2)c(OC)c1. The molecule has 0 fully saturated rings. The van der Waals surface area contributed by atoms with Gasteiger partial charge >= 0.3 is 0 Å². The van der Waals surface area contributed by atoms with E-state index in [1.807, 2.05) is 43.3 Å². The third kappa shape index (κ3) is 5.87. The molecule has 0 aromatic heterocycles. The first-order valence-corrected chi connectivity index (χ1v) is 9.32. The number of carbonyl (C=O) groups is 1. The van der Waals surface area contributed by atoms with Crippen LogP contribution in [-0.2, 0) is 11.4 Å². The Kier molecular flexibility index (Phi) is 7.90. The minimum absolute atomic E-state index is 0.0374. The highest BCUT2D eigenvalue weighted by molar-refractivity contribution is 9.10. The molecule has 0 bridgehead atoms. The van der Waals surface area contributed by atoms with Gasteiger partial charge in [0, 0.05) is 6.54 Å². The summed E-state index contributed by atoms with van der Waals surface area (Å²) in [6.07, 6.45) is 2.33. The zero-order chi connectivity index (χ0) is 19.6. The van der Waals surface area contributed by atoms with E-state index < -0.39 is 0 Å². The number of halogens is 1. The van der Waals surface area contributed by atoms with Crippen molar-refractivity contribution in [1.29, 1.82) is 5.26 Å². The van der Waals surface area contributed by atoms with Crippen molar-refractivity contribution in [2.45, 2.75) is 20.0 Å². The van der Waals surface area contributed by atoms with Gasteiger partial charge in [-0.05, 0) is 51.7 Å². The van der Waals surface area contributed by atoms with Crippen molar-refractivity contribution in [3.05, 3.63) is 63.6 Å². The van der Waals surface area contributed by atoms with Crippen LogP contribution in [0.5, 0.6) is 11.5 Å². The molecular formula is C21H21BrN2O3. The number of amides is 1. The summed E-state index contributed by atoms with van der Waals surface area (Å²) >= 11 is 3.49. The Bertz CT molecular complexity index is 858. The van der Waals surface area contributed by atoms with Crippen LogP contribution in [0.25, 0.3) is 6.08 Å². The van der Waals surface area contributed by atoms with Crippen LogP contribution < -0.4 is 14.8 Å². The largest absolute Gasteiger partial charge is 0.493 e. The van der Waals surface area contributed by atoms with Gasteiger partial charge in [-0.2, -0.15) is 5.26 Å². The molecule has 5 nitrogen and oxygen atoms in total. The molecule has 1 amide bonds. The van der Waals surface area contributed by atoms with Crippen LogP contribution in [0.1, 0.15) is 24.5 Å². The van der Waals surface area contributed by atoms with Crippen LogP contribution in [0.2, 0.25) is 0 Å². The second-order valence-electron chi connectivity index (χ2n) is 5.73. The van der Waals surface area contributed by atoms with Gasteiger partial charge in [0.15, 0.2) is 11.5 Å². The molecule has 27 heavy (non-hydrogen) atoms. The zero-order valence-corrected chi connectivity index (χ0v) is 16.9. The molecule has 0 aliphatic rings. The van der Waals surface area contributed by atoms with Crippen LogP contribution in [-0.4, -0.2) is 19.6 Å². The lowest BCUT2D eigenvalue weighted by Gasteiger charge is -2.14. The zero-order valence-electron chi connectivity index (χ0n) is 15.3. The molecule has 1 N–H and O–H groups in total. The molecule has 0 aliphatic heterocycles. The molecule has 0 atom stereocenters. The number of hydrogen-bond donors (Lipinski definition) is 1. The number of nitriles is 1. The fourth-order valence-electron chi connectivity index (χ4n) is 2.34. The van der Waals surface area contributed by atoms with Crippen molar-refractivity contribution in [3.63, 3.8) is 0 Å². The van der Waals surface area contributed by atoms with Crippen molar-refractivity contribution >= 4 is 27.9 Å². The van der Waals surface area contributed by atoms with E-state index in [1.54, 1.807) is 19.2 Å². The van der Waals surface area contributed by atoms with Crippen LogP contribution in [0, 0.1) is 11.3 Å². The second kappa shape index (κ2) is 10.4. The van der Waals surface area contributed by atoms with Crippen molar-refractivity contribution in [2.75, 3.05) is 13.7 Å². The highest BCUT2D eigenvalue weighted by Gasteiger charge is 2.14. The van der Waals surface area contributed by atoms with E-state index in [0.717, 1.165) is 12.0 Å². The quantitative estimate of drug-likeness (QED) is 0.497. The predicted molar refractivity (Wildman–Crippen MR) is 108 cm³/mol. The van der Waals surface area contributed by atoms with Crippen molar-refractivity contribution < 1.29 is 14.3 Å². The lowest BCUT2D eigenvalue weighted by atomic mass is 10.1. The molecule has 140 valence electrons. The maximum absolute atomic E-state index is 12.0. The highest BCUT2D eigenvalue weighted by atomic mass is 79.9. The summed E-state index contributed by atoms with van der Waals surface area (Å²) in [5, 5.41) is 12.0. The highest BCUT2D eigenvalue weighted by Crippen LogP contribution is 2.37. The number of carbonyl (C=O) groups excluding carboxylic acids is 1. The number of hydrogen-bond acceptors (Lipinski definition) is 4. The number of ether oxygens (including phenoxy) is 2. The van der Waals surface area contributed by atoms with Crippen molar-refractivity contribution in [3.8, 4) is 17.6 Å². The molecule has 0 saturated carbocycles.